The zero-order valence-corrected chi connectivity index (χ0v) is 22.9. The number of rotatable bonds is 14. The minimum absolute atomic E-state index is 0.630. The Bertz CT molecular complexity index is 847. The van der Waals surface area contributed by atoms with Crippen molar-refractivity contribution < 1.29 is 0 Å². The van der Waals surface area contributed by atoms with Crippen LogP contribution < -0.4 is 16.0 Å². The molecule has 0 saturated carbocycles. The van der Waals surface area contributed by atoms with E-state index < -0.39 is 0 Å². The number of aryl methyl sites for hydroxylation is 2. The van der Waals surface area contributed by atoms with Crippen LogP contribution in [0.15, 0.2) is 48.2 Å². The summed E-state index contributed by atoms with van der Waals surface area (Å²) in [7, 11) is 0. The Morgan fingerprint density at radius 3 is 2.44 bits per heavy atom. The fourth-order valence-electron chi connectivity index (χ4n) is 3.68. The van der Waals surface area contributed by atoms with Gasteiger partial charge in [0.15, 0.2) is 0 Å². The molecule has 2 rings (SSSR count). The molecule has 0 aliphatic carbocycles. The first kappa shape index (κ1) is 29.7. The number of para-hydroxylation sites is 1. The second kappa shape index (κ2) is 18.1. The molecule has 4 nitrogen and oxygen atoms in total. The molecule has 0 radical (unpaired) electrons. The van der Waals surface area contributed by atoms with Crippen LogP contribution in [0, 0.1) is 13.8 Å². The number of benzene rings is 1. The van der Waals surface area contributed by atoms with Gasteiger partial charge in [0, 0.05) is 41.9 Å². The van der Waals surface area contributed by atoms with Crippen LogP contribution in [-0.4, -0.2) is 30.7 Å². The minimum atomic E-state index is 0.630. The molecular formula is C30H50N4. The van der Waals surface area contributed by atoms with Crippen molar-refractivity contribution in [3.8, 4) is 0 Å². The molecule has 4 N–H and O–H groups in total. The summed E-state index contributed by atoms with van der Waals surface area (Å²) < 4.78 is 0. The third-order valence-electron chi connectivity index (χ3n) is 5.77. The van der Waals surface area contributed by atoms with E-state index in [1.807, 2.05) is 0 Å². The van der Waals surface area contributed by atoms with Gasteiger partial charge in [-0.2, -0.15) is 0 Å². The second-order valence-electron chi connectivity index (χ2n) is 9.03. The number of nitrogens with one attached hydrogen (secondary N) is 4. The van der Waals surface area contributed by atoms with Crippen LogP contribution in [0.3, 0.4) is 0 Å². The third kappa shape index (κ3) is 12.2. The van der Waals surface area contributed by atoms with Gasteiger partial charge in [0.25, 0.3) is 0 Å². The second-order valence-corrected chi connectivity index (χ2v) is 9.03. The molecule has 2 aromatic rings. The number of hydrogen-bond acceptors (Lipinski definition) is 3. The van der Waals surface area contributed by atoms with Crippen LogP contribution >= 0.6 is 0 Å². The maximum absolute atomic E-state index is 3.57. The first-order valence-corrected chi connectivity index (χ1v) is 13.2. The van der Waals surface area contributed by atoms with Gasteiger partial charge in [-0.15, -0.1) is 0 Å². The van der Waals surface area contributed by atoms with Gasteiger partial charge in [0.2, 0.25) is 0 Å². The Kier molecular flexibility index (Phi) is 15.8. The average Bonchev–Trinajstić information content (AvgIpc) is 3.18. The SMILES string of the molecule is C/C=C(/CNCCC)Nc1ccccc1C.CC/C=C\c1[nH]c(CCN[C@@H](C)CCC)cc1C. The van der Waals surface area contributed by atoms with Gasteiger partial charge < -0.3 is 20.9 Å². The van der Waals surface area contributed by atoms with Crippen LogP contribution in [0.2, 0.25) is 0 Å². The Labute approximate surface area is 209 Å². The lowest BCUT2D eigenvalue weighted by molar-refractivity contribution is 0.511. The van der Waals surface area contributed by atoms with Gasteiger partial charge in [0.05, 0.1) is 0 Å². The van der Waals surface area contributed by atoms with E-state index in [1.54, 1.807) is 0 Å². The molecule has 0 saturated heterocycles. The Morgan fingerprint density at radius 1 is 1.03 bits per heavy atom. The van der Waals surface area contributed by atoms with E-state index in [-0.39, 0.29) is 0 Å². The van der Waals surface area contributed by atoms with Gasteiger partial charge in [0.1, 0.15) is 0 Å². The van der Waals surface area contributed by atoms with E-state index in [2.05, 4.69) is 118 Å². The molecule has 0 unspecified atom stereocenters. The zero-order chi connectivity index (χ0) is 25.2. The molecule has 0 spiro atoms. The Hall–Kier alpha value is -2.30. The number of allylic oxidation sites excluding steroid dienone is 2. The molecule has 4 heteroatoms. The van der Waals surface area contributed by atoms with Crippen molar-refractivity contribution in [1.82, 2.24) is 15.6 Å². The predicted molar refractivity (Wildman–Crippen MR) is 153 cm³/mol. The summed E-state index contributed by atoms with van der Waals surface area (Å²) in [5, 5.41) is 10.4. The lowest BCUT2D eigenvalue weighted by Gasteiger charge is -2.13. The highest BCUT2D eigenvalue weighted by atomic mass is 15.0. The monoisotopic (exact) mass is 466 g/mol. The van der Waals surface area contributed by atoms with Crippen molar-refractivity contribution in [1.29, 1.82) is 0 Å². The van der Waals surface area contributed by atoms with Gasteiger partial charge in [-0.1, -0.05) is 57.5 Å². The Balaban J connectivity index is 0.000000342. The van der Waals surface area contributed by atoms with Crippen molar-refractivity contribution in [2.45, 2.75) is 86.6 Å². The fraction of sp³-hybridized carbons (Fsp3) is 0.533. The molecular weight excluding hydrogens is 416 g/mol. The highest BCUT2D eigenvalue weighted by Crippen LogP contribution is 2.15. The topological polar surface area (TPSA) is 51.9 Å². The van der Waals surface area contributed by atoms with Crippen molar-refractivity contribution in [2.24, 2.45) is 0 Å². The van der Waals surface area contributed by atoms with E-state index in [0.717, 1.165) is 32.5 Å². The van der Waals surface area contributed by atoms with Crippen molar-refractivity contribution >= 4 is 11.8 Å². The van der Waals surface area contributed by atoms with E-state index in [1.165, 1.54) is 53.2 Å². The lowest BCUT2D eigenvalue weighted by atomic mass is 10.2. The standard InChI is InChI=1S/C16H28N2.C14H22N2/c1-5-7-9-16-13(3)12-15(18-16)10-11-17-14(4)8-6-2;1-4-10-15-11-13(5-2)16-14-9-7-6-8-12(14)3/h7,9,12,14,17-18H,5-6,8,10-11H2,1-4H3;5-9,15-16H,4,10-11H2,1-3H3/b9-7-;13-5-/t14-;/m0./s1. The fourth-order valence-corrected chi connectivity index (χ4v) is 3.68. The molecule has 190 valence electrons. The molecule has 1 heterocycles. The van der Waals surface area contributed by atoms with Crippen molar-refractivity contribution in [3.05, 3.63) is 70.7 Å². The van der Waals surface area contributed by atoms with Crippen LogP contribution in [0.25, 0.3) is 6.08 Å². The lowest BCUT2D eigenvalue weighted by Crippen LogP contribution is -2.27. The van der Waals surface area contributed by atoms with Gasteiger partial charge >= 0.3 is 0 Å². The van der Waals surface area contributed by atoms with E-state index >= 15 is 0 Å². The summed E-state index contributed by atoms with van der Waals surface area (Å²) in [5.41, 5.74) is 7.62. The summed E-state index contributed by atoms with van der Waals surface area (Å²) in [6, 6.07) is 11.2. The van der Waals surface area contributed by atoms with Crippen molar-refractivity contribution in [3.63, 3.8) is 0 Å². The normalized spacial score (nSPS) is 12.5. The largest absolute Gasteiger partial charge is 0.359 e. The van der Waals surface area contributed by atoms with Crippen LogP contribution in [-0.2, 0) is 6.42 Å². The summed E-state index contributed by atoms with van der Waals surface area (Å²) in [6.07, 6.45) is 12.3. The quantitative estimate of drug-likeness (QED) is 0.220. The van der Waals surface area contributed by atoms with Gasteiger partial charge in [-0.05, 0) is 89.3 Å². The summed E-state index contributed by atoms with van der Waals surface area (Å²) in [5.74, 6) is 0. The molecule has 34 heavy (non-hydrogen) atoms. The Morgan fingerprint density at radius 2 is 1.79 bits per heavy atom. The van der Waals surface area contributed by atoms with Gasteiger partial charge in [-0.25, -0.2) is 0 Å². The number of hydrogen-bond donors (Lipinski definition) is 4. The summed E-state index contributed by atoms with van der Waals surface area (Å²) >= 11 is 0. The molecule has 1 atom stereocenters. The highest BCUT2D eigenvalue weighted by molar-refractivity contribution is 5.54. The van der Waals surface area contributed by atoms with Crippen molar-refractivity contribution in [2.75, 3.05) is 25.0 Å². The van der Waals surface area contributed by atoms with E-state index in [0.29, 0.717) is 6.04 Å². The van der Waals surface area contributed by atoms with Gasteiger partial charge in [-0.3, -0.25) is 0 Å². The third-order valence-corrected chi connectivity index (χ3v) is 5.77. The van der Waals surface area contributed by atoms with Crippen LogP contribution in [0.1, 0.15) is 82.8 Å². The number of aromatic nitrogens is 1. The minimum Gasteiger partial charge on any atom is -0.359 e. The molecule has 0 bridgehead atoms. The zero-order valence-electron chi connectivity index (χ0n) is 22.9. The maximum Gasteiger partial charge on any atom is 0.0411 e. The van der Waals surface area contributed by atoms with E-state index in [9.17, 15) is 0 Å². The average molecular weight is 467 g/mol. The first-order valence-electron chi connectivity index (χ1n) is 13.2. The maximum atomic E-state index is 3.57. The molecule has 1 aromatic carbocycles. The smallest absolute Gasteiger partial charge is 0.0411 e. The molecule has 0 aliphatic rings. The molecule has 0 aliphatic heterocycles. The van der Waals surface area contributed by atoms with Crippen LogP contribution in [0.4, 0.5) is 5.69 Å². The summed E-state index contributed by atoms with van der Waals surface area (Å²) in [4.78, 5) is 3.50. The van der Waals surface area contributed by atoms with Crippen LogP contribution in [0.5, 0.6) is 0 Å². The number of aromatic amines is 1. The molecule has 0 fully saturated rings. The summed E-state index contributed by atoms with van der Waals surface area (Å²) in [6.45, 7) is 18.2. The highest BCUT2D eigenvalue weighted by Gasteiger charge is 2.03. The van der Waals surface area contributed by atoms with E-state index in [4.69, 9.17) is 0 Å². The first-order chi connectivity index (χ1) is 16.4. The molecule has 1 aromatic heterocycles. The number of anilines is 1. The predicted octanol–water partition coefficient (Wildman–Crippen LogP) is 7.38. The number of H-pyrrole nitrogens is 1. The molecule has 0 amide bonds.